The van der Waals surface area contributed by atoms with Crippen molar-refractivity contribution in [1.82, 2.24) is 9.78 Å². The Morgan fingerprint density at radius 1 is 1.32 bits per heavy atom. The van der Waals surface area contributed by atoms with Gasteiger partial charge in [-0.1, -0.05) is 20.8 Å². The highest BCUT2D eigenvalue weighted by Crippen LogP contribution is 2.34. The van der Waals surface area contributed by atoms with Gasteiger partial charge >= 0.3 is 0 Å². The number of nitrogens with zero attached hydrogens (tertiary/aromatic N) is 3. The Morgan fingerprint density at radius 3 is 2.58 bits per heavy atom. The Kier molecular flexibility index (Phi) is 3.36. The maximum absolute atomic E-state index is 10.5. The number of aromatic nitrogens is 2. The number of rotatable bonds is 2. The third kappa shape index (κ3) is 2.64. The Labute approximate surface area is 112 Å². The Hall–Kier alpha value is -2.19. The zero-order valence-corrected chi connectivity index (χ0v) is 11.6. The van der Waals surface area contributed by atoms with Gasteiger partial charge < -0.3 is 0 Å². The summed E-state index contributed by atoms with van der Waals surface area (Å²) in [4.78, 5) is 14.2. The zero-order valence-electron chi connectivity index (χ0n) is 11.6. The minimum atomic E-state index is -0.0690. The van der Waals surface area contributed by atoms with E-state index in [1.54, 1.807) is 12.3 Å². The summed E-state index contributed by atoms with van der Waals surface area (Å²) in [5, 5.41) is 4.31. The third-order valence-corrected chi connectivity index (χ3v) is 3.00. The quantitative estimate of drug-likeness (QED) is 0.609. The van der Waals surface area contributed by atoms with Crippen LogP contribution in [-0.4, -0.2) is 15.9 Å². The van der Waals surface area contributed by atoms with Crippen LogP contribution >= 0.6 is 0 Å². The number of aliphatic imine (C=N–C) groups is 1. The summed E-state index contributed by atoms with van der Waals surface area (Å²) >= 11 is 0. The van der Waals surface area contributed by atoms with E-state index in [-0.39, 0.29) is 5.41 Å². The molecule has 0 fully saturated rings. The average molecular weight is 255 g/mol. The Morgan fingerprint density at radius 2 is 2.05 bits per heavy atom. The number of aryl methyl sites for hydroxylation is 1. The van der Waals surface area contributed by atoms with Crippen molar-refractivity contribution in [2.75, 3.05) is 0 Å². The molecule has 1 aromatic carbocycles. The second-order valence-electron chi connectivity index (χ2n) is 5.56. The smallest absolute Gasteiger partial charge is 0.240 e. The Balaban J connectivity index is 2.75. The SMILES string of the molecule is Cc1cc(N=C=O)cc(C(C)(C)C)c1-n1cccn1. The van der Waals surface area contributed by atoms with Crippen LogP contribution in [0.1, 0.15) is 31.9 Å². The molecule has 2 aromatic rings. The molecule has 0 amide bonds. The summed E-state index contributed by atoms with van der Waals surface area (Å²) in [5.74, 6) is 0. The van der Waals surface area contributed by atoms with Crippen molar-refractivity contribution in [3.05, 3.63) is 41.7 Å². The van der Waals surface area contributed by atoms with Gasteiger partial charge in [-0.05, 0) is 41.7 Å². The van der Waals surface area contributed by atoms with Gasteiger partial charge in [0.1, 0.15) is 0 Å². The molecule has 98 valence electrons. The van der Waals surface area contributed by atoms with Crippen molar-refractivity contribution in [3.8, 4) is 5.69 Å². The first-order valence-corrected chi connectivity index (χ1v) is 6.16. The van der Waals surface area contributed by atoms with Crippen LogP contribution in [0.15, 0.2) is 35.6 Å². The molecule has 0 bridgehead atoms. The van der Waals surface area contributed by atoms with E-state index < -0.39 is 0 Å². The first kappa shape index (κ1) is 13.2. The van der Waals surface area contributed by atoms with Crippen molar-refractivity contribution in [2.45, 2.75) is 33.1 Å². The van der Waals surface area contributed by atoms with Crippen LogP contribution in [0, 0.1) is 6.92 Å². The van der Waals surface area contributed by atoms with Crippen molar-refractivity contribution in [1.29, 1.82) is 0 Å². The molecule has 0 aliphatic heterocycles. The molecule has 0 unspecified atom stereocenters. The van der Waals surface area contributed by atoms with Gasteiger partial charge in [-0.25, -0.2) is 9.48 Å². The molecule has 0 radical (unpaired) electrons. The molecule has 0 spiro atoms. The molecule has 1 heterocycles. The number of hydrogen-bond acceptors (Lipinski definition) is 3. The van der Waals surface area contributed by atoms with E-state index in [1.165, 1.54) is 0 Å². The first-order chi connectivity index (χ1) is 8.93. The standard InChI is InChI=1S/C15H17N3O/c1-11-8-12(16-10-19)9-13(15(2,3)4)14(11)18-7-5-6-17-18/h5-9H,1-4H3. The van der Waals surface area contributed by atoms with Crippen molar-refractivity contribution in [2.24, 2.45) is 4.99 Å². The van der Waals surface area contributed by atoms with Gasteiger partial charge in [0.05, 0.1) is 11.4 Å². The molecule has 4 heteroatoms. The maximum atomic E-state index is 10.5. The van der Waals surface area contributed by atoms with Gasteiger partial charge in [-0.15, -0.1) is 0 Å². The number of carbonyl (C=O) groups excluding carboxylic acids is 1. The lowest BCUT2D eigenvalue weighted by atomic mass is 9.84. The lowest BCUT2D eigenvalue weighted by molar-refractivity contribution is 0.565. The molecule has 0 aliphatic carbocycles. The van der Waals surface area contributed by atoms with Crippen LogP contribution < -0.4 is 0 Å². The lowest BCUT2D eigenvalue weighted by Gasteiger charge is -2.24. The van der Waals surface area contributed by atoms with E-state index in [2.05, 4.69) is 30.9 Å². The molecule has 0 N–H and O–H groups in total. The van der Waals surface area contributed by atoms with E-state index >= 15 is 0 Å². The molecular formula is C15H17N3O. The largest absolute Gasteiger partial charge is 0.240 e. The first-order valence-electron chi connectivity index (χ1n) is 6.16. The highest BCUT2D eigenvalue weighted by molar-refractivity contribution is 5.60. The molecular weight excluding hydrogens is 238 g/mol. The monoisotopic (exact) mass is 255 g/mol. The lowest BCUT2D eigenvalue weighted by Crippen LogP contribution is -2.16. The van der Waals surface area contributed by atoms with Gasteiger partial charge in [0, 0.05) is 12.4 Å². The highest BCUT2D eigenvalue weighted by Gasteiger charge is 2.21. The molecule has 1 aromatic heterocycles. The van der Waals surface area contributed by atoms with Crippen LogP contribution in [0.3, 0.4) is 0 Å². The molecule has 2 rings (SSSR count). The number of isocyanates is 1. The third-order valence-electron chi connectivity index (χ3n) is 3.00. The van der Waals surface area contributed by atoms with Gasteiger partial charge in [-0.2, -0.15) is 10.1 Å². The predicted octanol–water partition coefficient (Wildman–Crippen LogP) is 3.45. The maximum Gasteiger partial charge on any atom is 0.240 e. The van der Waals surface area contributed by atoms with Gasteiger partial charge in [0.25, 0.3) is 0 Å². The van der Waals surface area contributed by atoms with Crippen LogP contribution in [0.25, 0.3) is 5.69 Å². The van der Waals surface area contributed by atoms with Crippen molar-refractivity contribution < 1.29 is 4.79 Å². The van der Waals surface area contributed by atoms with E-state index in [0.717, 1.165) is 16.8 Å². The summed E-state index contributed by atoms with van der Waals surface area (Å²) in [6.07, 6.45) is 5.27. The normalized spacial score (nSPS) is 11.2. The molecule has 0 saturated heterocycles. The van der Waals surface area contributed by atoms with E-state index in [0.29, 0.717) is 5.69 Å². The fourth-order valence-electron chi connectivity index (χ4n) is 2.15. The van der Waals surface area contributed by atoms with Crippen LogP contribution in [0.4, 0.5) is 5.69 Å². The topological polar surface area (TPSA) is 47.2 Å². The summed E-state index contributed by atoms with van der Waals surface area (Å²) in [6, 6.07) is 5.69. The minimum Gasteiger partial charge on any atom is -0.240 e. The Bertz CT molecular complexity index is 630. The van der Waals surface area contributed by atoms with Crippen molar-refractivity contribution >= 4 is 11.8 Å². The molecule has 4 nitrogen and oxygen atoms in total. The number of benzene rings is 1. The molecule has 0 saturated carbocycles. The van der Waals surface area contributed by atoms with E-state index in [1.807, 2.05) is 36.0 Å². The zero-order chi connectivity index (χ0) is 14.0. The fourth-order valence-corrected chi connectivity index (χ4v) is 2.15. The van der Waals surface area contributed by atoms with Gasteiger partial charge in [-0.3, -0.25) is 0 Å². The minimum absolute atomic E-state index is 0.0690. The summed E-state index contributed by atoms with van der Waals surface area (Å²) in [6.45, 7) is 8.38. The molecule has 0 atom stereocenters. The van der Waals surface area contributed by atoms with E-state index in [4.69, 9.17) is 0 Å². The van der Waals surface area contributed by atoms with Crippen LogP contribution in [0.5, 0.6) is 0 Å². The molecule has 19 heavy (non-hydrogen) atoms. The van der Waals surface area contributed by atoms with Gasteiger partial charge in [0.2, 0.25) is 6.08 Å². The summed E-state index contributed by atoms with van der Waals surface area (Å²) < 4.78 is 1.85. The number of hydrogen-bond donors (Lipinski definition) is 0. The predicted molar refractivity (Wildman–Crippen MR) is 74.8 cm³/mol. The van der Waals surface area contributed by atoms with Crippen LogP contribution in [0.2, 0.25) is 0 Å². The second kappa shape index (κ2) is 4.82. The van der Waals surface area contributed by atoms with Gasteiger partial charge in [0.15, 0.2) is 0 Å². The van der Waals surface area contributed by atoms with Crippen molar-refractivity contribution in [3.63, 3.8) is 0 Å². The fraction of sp³-hybridized carbons (Fsp3) is 0.333. The highest BCUT2D eigenvalue weighted by atomic mass is 16.1. The summed E-state index contributed by atoms with van der Waals surface area (Å²) in [7, 11) is 0. The second-order valence-corrected chi connectivity index (χ2v) is 5.56. The summed E-state index contributed by atoms with van der Waals surface area (Å²) in [5.41, 5.74) is 3.74. The van der Waals surface area contributed by atoms with Crippen LogP contribution in [-0.2, 0) is 10.2 Å². The average Bonchev–Trinajstić information content (AvgIpc) is 2.80. The van der Waals surface area contributed by atoms with E-state index in [9.17, 15) is 4.79 Å². The molecule has 0 aliphatic rings.